The maximum absolute atomic E-state index is 9.42. The van der Waals surface area contributed by atoms with Gasteiger partial charge in [-0.05, 0) is 31.4 Å². The van der Waals surface area contributed by atoms with Gasteiger partial charge in [0, 0.05) is 6.04 Å². The van der Waals surface area contributed by atoms with E-state index in [-0.39, 0.29) is 19.3 Å². The van der Waals surface area contributed by atoms with Gasteiger partial charge in [0.2, 0.25) is 0 Å². The zero-order chi connectivity index (χ0) is 12.9. The van der Waals surface area contributed by atoms with Crippen molar-refractivity contribution in [3.63, 3.8) is 0 Å². The highest BCUT2D eigenvalue weighted by Crippen LogP contribution is 2.21. The van der Waals surface area contributed by atoms with Gasteiger partial charge in [0.15, 0.2) is 0 Å². The van der Waals surface area contributed by atoms with E-state index in [2.05, 4.69) is 31.3 Å². The summed E-state index contributed by atoms with van der Waals surface area (Å²) in [6.07, 6.45) is 0.691. The molecule has 1 atom stereocenters. The fraction of sp³-hybridized carbons (Fsp3) is 0.571. The van der Waals surface area contributed by atoms with Gasteiger partial charge in [-0.15, -0.1) is 0 Å². The van der Waals surface area contributed by atoms with Crippen LogP contribution in [-0.4, -0.2) is 29.0 Å². The van der Waals surface area contributed by atoms with Crippen molar-refractivity contribution in [1.29, 1.82) is 0 Å². The summed E-state index contributed by atoms with van der Waals surface area (Å²) < 4.78 is 0. The van der Waals surface area contributed by atoms with Crippen molar-refractivity contribution in [3.05, 3.63) is 35.4 Å². The molecule has 1 unspecified atom stereocenters. The number of rotatable bonds is 6. The van der Waals surface area contributed by atoms with Crippen LogP contribution in [0.25, 0.3) is 0 Å². The molecule has 1 aromatic carbocycles. The summed E-state index contributed by atoms with van der Waals surface area (Å²) in [7, 11) is 0. The molecule has 0 saturated heterocycles. The van der Waals surface area contributed by atoms with Gasteiger partial charge in [0.25, 0.3) is 0 Å². The molecule has 0 fully saturated rings. The van der Waals surface area contributed by atoms with Gasteiger partial charge < -0.3 is 15.5 Å². The lowest BCUT2D eigenvalue weighted by Crippen LogP contribution is -2.52. The Hall–Kier alpha value is -0.900. The predicted octanol–water partition coefficient (Wildman–Crippen LogP) is 1.78. The Morgan fingerprint density at radius 1 is 1.24 bits per heavy atom. The largest absolute Gasteiger partial charge is 0.394 e. The van der Waals surface area contributed by atoms with Crippen LogP contribution in [0.3, 0.4) is 0 Å². The van der Waals surface area contributed by atoms with E-state index in [9.17, 15) is 10.2 Å². The fourth-order valence-electron chi connectivity index (χ4n) is 2.08. The summed E-state index contributed by atoms with van der Waals surface area (Å²) in [5.41, 5.74) is 1.82. The van der Waals surface area contributed by atoms with Crippen molar-refractivity contribution < 1.29 is 10.2 Å². The van der Waals surface area contributed by atoms with Gasteiger partial charge in [0.1, 0.15) is 0 Å². The molecule has 1 rings (SSSR count). The van der Waals surface area contributed by atoms with Crippen molar-refractivity contribution in [1.82, 2.24) is 5.32 Å². The van der Waals surface area contributed by atoms with Gasteiger partial charge in [-0.25, -0.2) is 0 Å². The Labute approximate surface area is 103 Å². The molecule has 0 aliphatic carbocycles. The Morgan fingerprint density at radius 3 is 2.29 bits per heavy atom. The molecule has 1 aromatic rings. The molecule has 0 aromatic heterocycles. The summed E-state index contributed by atoms with van der Waals surface area (Å²) in [6.45, 7) is 5.97. The molecule has 0 amide bonds. The van der Waals surface area contributed by atoms with Gasteiger partial charge in [-0.1, -0.05) is 31.2 Å². The van der Waals surface area contributed by atoms with Crippen molar-refractivity contribution in [2.24, 2.45) is 0 Å². The average Bonchev–Trinajstić information content (AvgIpc) is 2.36. The topological polar surface area (TPSA) is 52.5 Å². The summed E-state index contributed by atoms with van der Waals surface area (Å²) in [5, 5.41) is 22.2. The maximum atomic E-state index is 9.42. The predicted molar refractivity (Wildman–Crippen MR) is 69.9 cm³/mol. The van der Waals surface area contributed by atoms with Crippen molar-refractivity contribution in [3.8, 4) is 0 Å². The third-order valence-electron chi connectivity index (χ3n) is 3.46. The number of benzene rings is 1. The highest BCUT2D eigenvalue weighted by Gasteiger charge is 2.28. The van der Waals surface area contributed by atoms with Gasteiger partial charge in [-0.3, -0.25) is 0 Å². The third-order valence-corrected chi connectivity index (χ3v) is 3.46. The number of hydrogen-bond acceptors (Lipinski definition) is 3. The average molecular weight is 237 g/mol. The Balaban J connectivity index is 2.84. The highest BCUT2D eigenvalue weighted by molar-refractivity contribution is 5.28. The van der Waals surface area contributed by atoms with Crippen molar-refractivity contribution in [2.45, 2.75) is 38.8 Å². The highest BCUT2D eigenvalue weighted by atomic mass is 16.3. The monoisotopic (exact) mass is 237 g/mol. The van der Waals surface area contributed by atoms with Gasteiger partial charge in [0.05, 0.1) is 18.8 Å². The van der Waals surface area contributed by atoms with Crippen LogP contribution in [-0.2, 0) is 0 Å². The normalized spacial score (nSPS) is 13.7. The molecular weight excluding hydrogens is 214 g/mol. The first kappa shape index (κ1) is 14.2. The van der Waals surface area contributed by atoms with Crippen LogP contribution in [0.5, 0.6) is 0 Å². The molecule has 3 nitrogen and oxygen atoms in total. The SMILES string of the molecule is CCC(CO)(CO)NC(C)c1ccccc1C. The zero-order valence-electron chi connectivity index (χ0n) is 10.9. The standard InChI is InChI=1S/C14H23NO2/c1-4-14(9-16,10-17)15-12(3)13-8-6-5-7-11(13)2/h5-8,12,15-17H,4,9-10H2,1-3H3. The van der Waals surface area contributed by atoms with E-state index in [0.717, 1.165) is 0 Å². The molecule has 3 N–H and O–H groups in total. The smallest absolute Gasteiger partial charge is 0.0650 e. The van der Waals surface area contributed by atoms with Crippen LogP contribution in [0.2, 0.25) is 0 Å². The Morgan fingerprint density at radius 2 is 1.82 bits per heavy atom. The summed E-state index contributed by atoms with van der Waals surface area (Å²) in [4.78, 5) is 0. The minimum absolute atomic E-state index is 0.0593. The van der Waals surface area contributed by atoms with Crippen LogP contribution in [0.4, 0.5) is 0 Å². The van der Waals surface area contributed by atoms with Gasteiger partial charge in [-0.2, -0.15) is 0 Å². The number of aryl methyl sites for hydroxylation is 1. The van der Waals surface area contributed by atoms with E-state index in [0.29, 0.717) is 6.42 Å². The summed E-state index contributed by atoms with van der Waals surface area (Å²) in [6, 6.07) is 8.26. The Bertz CT molecular complexity index is 340. The molecule has 0 heterocycles. The minimum Gasteiger partial charge on any atom is -0.394 e. The summed E-state index contributed by atoms with van der Waals surface area (Å²) >= 11 is 0. The molecule has 0 spiro atoms. The first-order valence-electron chi connectivity index (χ1n) is 6.13. The molecule has 0 aliphatic rings. The molecule has 0 radical (unpaired) electrons. The second-order valence-electron chi connectivity index (χ2n) is 4.67. The zero-order valence-corrected chi connectivity index (χ0v) is 10.9. The molecule has 17 heavy (non-hydrogen) atoms. The number of aliphatic hydroxyl groups is 2. The number of aliphatic hydroxyl groups excluding tert-OH is 2. The third kappa shape index (κ3) is 3.28. The number of nitrogens with one attached hydrogen (secondary N) is 1. The van der Waals surface area contributed by atoms with Crippen LogP contribution in [0.15, 0.2) is 24.3 Å². The van der Waals surface area contributed by atoms with E-state index >= 15 is 0 Å². The van der Waals surface area contributed by atoms with Crippen LogP contribution in [0, 0.1) is 6.92 Å². The maximum Gasteiger partial charge on any atom is 0.0650 e. The molecular formula is C14H23NO2. The lowest BCUT2D eigenvalue weighted by molar-refractivity contribution is 0.0792. The van der Waals surface area contributed by atoms with E-state index < -0.39 is 5.54 Å². The molecule has 0 aliphatic heterocycles. The first-order valence-corrected chi connectivity index (χ1v) is 6.13. The number of hydrogen-bond donors (Lipinski definition) is 3. The molecule has 0 bridgehead atoms. The fourth-order valence-corrected chi connectivity index (χ4v) is 2.08. The Kier molecular flexibility index (Phi) is 5.12. The lowest BCUT2D eigenvalue weighted by atomic mass is 9.94. The van der Waals surface area contributed by atoms with Crippen LogP contribution < -0.4 is 5.32 Å². The van der Waals surface area contributed by atoms with Crippen molar-refractivity contribution >= 4 is 0 Å². The quantitative estimate of drug-likeness (QED) is 0.707. The summed E-state index contributed by atoms with van der Waals surface area (Å²) in [5.74, 6) is 0. The second-order valence-corrected chi connectivity index (χ2v) is 4.67. The van der Waals surface area contributed by atoms with E-state index in [4.69, 9.17) is 0 Å². The molecule has 0 saturated carbocycles. The van der Waals surface area contributed by atoms with Crippen molar-refractivity contribution in [2.75, 3.05) is 13.2 Å². The van der Waals surface area contributed by atoms with E-state index in [1.807, 2.05) is 19.1 Å². The molecule has 3 heteroatoms. The minimum atomic E-state index is -0.596. The van der Waals surface area contributed by atoms with E-state index in [1.54, 1.807) is 0 Å². The van der Waals surface area contributed by atoms with Gasteiger partial charge >= 0.3 is 0 Å². The van der Waals surface area contributed by atoms with E-state index in [1.165, 1.54) is 11.1 Å². The first-order chi connectivity index (χ1) is 8.08. The van der Waals surface area contributed by atoms with Crippen LogP contribution >= 0.6 is 0 Å². The van der Waals surface area contributed by atoms with Crippen LogP contribution in [0.1, 0.15) is 37.4 Å². The lowest BCUT2D eigenvalue weighted by Gasteiger charge is -2.34. The second kappa shape index (κ2) is 6.15. The molecule has 96 valence electrons.